The minimum absolute atomic E-state index is 0.223. The lowest BCUT2D eigenvalue weighted by molar-refractivity contribution is -0.122. The first kappa shape index (κ1) is 29.4. The Labute approximate surface area is 260 Å². The maximum atomic E-state index is 14.1. The van der Waals surface area contributed by atoms with Crippen molar-refractivity contribution in [3.8, 4) is 5.75 Å². The highest BCUT2D eigenvalue weighted by atomic mass is 32.2. The molecule has 10 nitrogen and oxygen atoms in total. The van der Waals surface area contributed by atoms with E-state index in [0.29, 0.717) is 38.2 Å². The molecule has 3 aromatic carbocycles. The zero-order valence-corrected chi connectivity index (χ0v) is 25.3. The van der Waals surface area contributed by atoms with E-state index < -0.39 is 34.9 Å². The van der Waals surface area contributed by atoms with Crippen molar-refractivity contribution < 1.29 is 28.7 Å². The monoisotopic (exact) mass is 629 g/mol. The third-order valence-corrected chi connectivity index (χ3v) is 9.89. The highest BCUT2D eigenvalue weighted by molar-refractivity contribution is 8.00. The zero-order chi connectivity index (χ0) is 31.0. The minimum Gasteiger partial charge on any atom is -0.483 e. The Morgan fingerprint density at radius 3 is 2.43 bits per heavy atom. The number of aromatic amines is 1. The zero-order valence-electron chi connectivity index (χ0n) is 23.7. The topological polar surface area (TPSA) is 135 Å². The van der Waals surface area contributed by atoms with Crippen molar-refractivity contribution in [2.45, 2.75) is 30.0 Å². The van der Waals surface area contributed by atoms with Gasteiger partial charge in [0.2, 0.25) is 11.8 Å². The highest BCUT2D eigenvalue weighted by Gasteiger charge is 2.56. The number of rotatable bonds is 8. The Morgan fingerprint density at radius 2 is 1.68 bits per heavy atom. The molecule has 2 aliphatic heterocycles. The van der Waals surface area contributed by atoms with Crippen LogP contribution in [-0.4, -0.2) is 47.1 Å². The van der Waals surface area contributed by atoms with Crippen molar-refractivity contribution in [3.63, 3.8) is 0 Å². The van der Waals surface area contributed by atoms with Gasteiger partial charge in [-0.15, -0.1) is 0 Å². The number of carbonyl (C=O) groups is 4. The van der Waals surface area contributed by atoms with Crippen LogP contribution in [0.25, 0.3) is 0 Å². The number of H-pyrrole nitrogens is 1. The van der Waals surface area contributed by atoms with Crippen LogP contribution in [0.1, 0.15) is 39.2 Å². The molecule has 224 valence electrons. The Hall–Kier alpha value is -4.68. The first-order valence-electron chi connectivity index (χ1n) is 13.9. The number of ether oxygens (including phenoxy) is 2. The smallest absolute Gasteiger partial charge is 0.338 e. The van der Waals surface area contributed by atoms with E-state index in [4.69, 9.17) is 9.47 Å². The van der Waals surface area contributed by atoms with Crippen molar-refractivity contribution in [2.75, 3.05) is 23.4 Å². The Balaban J connectivity index is 1.31. The number of hydrogen-bond acceptors (Lipinski definition) is 9. The summed E-state index contributed by atoms with van der Waals surface area (Å²) in [6.45, 7) is 3.53. The summed E-state index contributed by atoms with van der Waals surface area (Å²) in [6, 6.07) is 20.5. The van der Waals surface area contributed by atoms with Crippen LogP contribution in [0, 0.1) is 12.8 Å². The first-order valence-corrected chi connectivity index (χ1v) is 15.6. The number of aromatic nitrogens is 1. The molecule has 3 heterocycles. The number of imide groups is 1. The van der Waals surface area contributed by atoms with Gasteiger partial charge < -0.3 is 19.8 Å². The second-order valence-corrected chi connectivity index (χ2v) is 12.4. The summed E-state index contributed by atoms with van der Waals surface area (Å²) in [4.78, 5) is 69.6. The number of carbonyl (C=O) groups excluding carboxylic acids is 4. The van der Waals surface area contributed by atoms with Gasteiger partial charge in [0, 0.05) is 22.0 Å². The molecule has 0 bridgehead atoms. The van der Waals surface area contributed by atoms with E-state index in [9.17, 15) is 24.0 Å². The van der Waals surface area contributed by atoms with Gasteiger partial charge in [0.1, 0.15) is 11.0 Å². The predicted octanol–water partition coefficient (Wildman–Crippen LogP) is 4.73. The second kappa shape index (κ2) is 12.1. The predicted molar refractivity (Wildman–Crippen MR) is 167 cm³/mol. The van der Waals surface area contributed by atoms with Crippen LogP contribution in [0.2, 0.25) is 0 Å². The molecule has 0 saturated carbocycles. The Bertz CT molecular complexity index is 1830. The summed E-state index contributed by atoms with van der Waals surface area (Å²) >= 11 is 2.15. The number of benzene rings is 3. The molecule has 1 aromatic heterocycles. The van der Waals surface area contributed by atoms with Gasteiger partial charge in [-0.1, -0.05) is 59.5 Å². The largest absolute Gasteiger partial charge is 0.483 e. The van der Waals surface area contributed by atoms with Crippen LogP contribution >= 0.6 is 23.1 Å². The van der Waals surface area contributed by atoms with E-state index in [1.165, 1.54) is 12.1 Å². The fourth-order valence-corrected chi connectivity index (χ4v) is 7.99. The lowest BCUT2D eigenvalue weighted by Gasteiger charge is -2.30. The molecular weight excluding hydrogens is 603 g/mol. The van der Waals surface area contributed by atoms with Gasteiger partial charge in [-0.2, -0.15) is 0 Å². The number of nitrogens with one attached hydrogen (secondary N) is 2. The van der Waals surface area contributed by atoms with Crippen LogP contribution in [0.3, 0.4) is 0 Å². The van der Waals surface area contributed by atoms with E-state index in [1.807, 2.05) is 25.1 Å². The molecule has 0 aliphatic carbocycles. The number of nitrogens with zero attached hydrogens (tertiary/aromatic N) is 1. The fourth-order valence-electron chi connectivity index (χ4n) is 5.48. The number of hydrogen-bond donors (Lipinski definition) is 2. The van der Waals surface area contributed by atoms with Crippen molar-refractivity contribution >= 4 is 58.2 Å². The number of para-hydroxylation sites is 2. The van der Waals surface area contributed by atoms with Gasteiger partial charge in [0.15, 0.2) is 6.61 Å². The van der Waals surface area contributed by atoms with Crippen LogP contribution in [0.5, 0.6) is 5.75 Å². The van der Waals surface area contributed by atoms with E-state index in [-0.39, 0.29) is 24.0 Å². The molecule has 4 aromatic rings. The van der Waals surface area contributed by atoms with Crippen molar-refractivity contribution in [3.05, 3.63) is 104 Å². The summed E-state index contributed by atoms with van der Waals surface area (Å²) < 4.78 is 11.0. The standard InChI is InChI=1S/C32H27N3O7S2/c1-3-41-31(39)18-12-14-19(15-13-18)35-29(37)25-24(26-28(34-32(40)44-26)43-27(25)30(35)38)20-9-5-7-11-22(20)42-16-23(36)33-21-10-6-4-8-17(21)2/h4-15,24-25,27H,3,16H2,1-2H3,(H,33,36)(H,34,40)/t24-,25-,27+/m0/s1. The number of anilines is 2. The van der Waals surface area contributed by atoms with Crippen LogP contribution in [0.15, 0.2) is 82.6 Å². The highest BCUT2D eigenvalue weighted by Crippen LogP contribution is 2.54. The SMILES string of the molecule is CCOC(=O)c1ccc(N2C(=O)[C@H]3[C@H](c4ccccc4OCC(=O)Nc4ccccc4C)c4sc(=O)[nH]c4S[C@H]3C2=O)cc1. The van der Waals surface area contributed by atoms with E-state index in [2.05, 4.69) is 10.3 Å². The molecule has 0 spiro atoms. The summed E-state index contributed by atoms with van der Waals surface area (Å²) in [5.41, 5.74) is 2.80. The summed E-state index contributed by atoms with van der Waals surface area (Å²) in [5, 5.41) is 2.56. The molecule has 3 atom stereocenters. The van der Waals surface area contributed by atoms with Gasteiger partial charge in [0.05, 0.1) is 28.8 Å². The van der Waals surface area contributed by atoms with E-state index >= 15 is 0 Å². The molecule has 1 saturated heterocycles. The molecule has 3 amide bonds. The van der Waals surface area contributed by atoms with Crippen LogP contribution in [0.4, 0.5) is 11.4 Å². The van der Waals surface area contributed by atoms with Crippen LogP contribution < -0.4 is 19.8 Å². The van der Waals surface area contributed by atoms with Crippen LogP contribution in [-0.2, 0) is 19.1 Å². The van der Waals surface area contributed by atoms with E-state index in [1.54, 1.807) is 49.4 Å². The number of thioether (sulfide) groups is 1. The number of fused-ring (bicyclic) bond motifs is 2. The quantitative estimate of drug-likeness (QED) is 0.211. The summed E-state index contributed by atoms with van der Waals surface area (Å²) in [5.74, 6) is -2.87. The lowest BCUT2D eigenvalue weighted by atomic mass is 9.82. The van der Waals surface area contributed by atoms with Gasteiger partial charge in [0.25, 0.3) is 5.91 Å². The molecule has 2 aliphatic rings. The fraction of sp³-hybridized carbons (Fsp3) is 0.219. The van der Waals surface area contributed by atoms with Gasteiger partial charge in [-0.05, 0) is 55.8 Å². The third-order valence-electron chi connectivity index (χ3n) is 7.49. The Kier molecular flexibility index (Phi) is 8.11. The first-order chi connectivity index (χ1) is 21.3. The van der Waals surface area contributed by atoms with Crippen molar-refractivity contribution in [1.29, 1.82) is 0 Å². The summed E-state index contributed by atoms with van der Waals surface area (Å²) in [7, 11) is 0. The van der Waals surface area contributed by atoms with Gasteiger partial charge >= 0.3 is 10.8 Å². The molecule has 0 unspecified atom stereocenters. The third kappa shape index (κ3) is 5.42. The Morgan fingerprint density at radius 1 is 0.955 bits per heavy atom. The molecule has 6 rings (SSSR count). The van der Waals surface area contributed by atoms with Crippen molar-refractivity contribution in [1.82, 2.24) is 4.98 Å². The minimum atomic E-state index is -0.846. The molecule has 1 fully saturated rings. The average Bonchev–Trinajstić information content (AvgIpc) is 3.51. The maximum absolute atomic E-state index is 14.1. The average molecular weight is 630 g/mol. The molecular formula is C32H27N3O7S2. The molecule has 0 radical (unpaired) electrons. The number of amides is 3. The number of esters is 1. The number of aryl methyl sites for hydroxylation is 1. The molecule has 12 heteroatoms. The van der Waals surface area contributed by atoms with Gasteiger partial charge in [-0.25, -0.2) is 9.69 Å². The molecule has 2 N–H and O–H groups in total. The van der Waals surface area contributed by atoms with Gasteiger partial charge in [-0.3, -0.25) is 19.2 Å². The maximum Gasteiger partial charge on any atom is 0.338 e. The van der Waals surface area contributed by atoms with Crippen molar-refractivity contribution in [2.24, 2.45) is 5.92 Å². The lowest BCUT2D eigenvalue weighted by Crippen LogP contribution is -2.32. The second-order valence-electron chi connectivity index (χ2n) is 10.2. The number of thiazole rings is 1. The normalized spacial score (nSPS) is 18.9. The van der Waals surface area contributed by atoms with E-state index in [0.717, 1.165) is 33.6 Å². The summed E-state index contributed by atoms with van der Waals surface area (Å²) in [6.07, 6.45) is 0. The molecule has 44 heavy (non-hydrogen) atoms.